The Bertz CT molecular complexity index is 487. The summed E-state index contributed by atoms with van der Waals surface area (Å²) in [6.45, 7) is 5.22. The summed E-state index contributed by atoms with van der Waals surface area (Å²) in [6.07, 6.45) is -2.85. The molecule has 2 atom stereocenters. The smallest absolute Gasteiger partial charge is 0.410 e. The van der Waals surface area contributed by atoms with Crippen LogP contribution in [-0.2, 0) is 9.53 Å². The average Bonchev–Trinajstić information content (AvgIpc) is 3.05. The number of halogens is 2. The number of ether oxygens (including phenoxy) is 1. The van der Waals surface area contributed by atoms with Crippen molar-refractivity contribution in [3.8, 4) is 0 Å². The zero-order chi connectivity index (χ0) is 18.1. The van der Waals surface area contributed by atoms with Gasteiger partial charge in [0, 0.05) is 6.54 Å². The molecule has 1 saturated carbocycles. The Balaban J connectivity index is 1.98. The van der Waals surface area contributed by atoms with Crippen LogP contribution >= 0.6 is 0 Å². The first-order valence-corrected chi connectivity index (χ1v) is 8.30. The Kier molecular flexibility index (Phi) is 5.37. The number of β-amino-alcohol motifs (C(OH)–C–C–N with tert-alkyl or cyclic N) is 1. The van der Waals surface area contributed by atoms with Crippen molar-refractivity contribution in [3.05, 3.63) is 0 Å². The SMILES string of the molecule is CC(C)(C)OC(=O)N1C[C@@H](O)[C@@H](NC(=O)C2(C(F)F)CCCC2)C1. The van der Waals surface area contributed by atoms with Crippen LogP contribution in [0.3, 0.4) is 0 Å². The molecule has 2 rings (SSSR count). The number of likely N-dealkylation sites (tertiary alicyclic amines) is 1. The van der Waals surface area contributed by atoms with Crippen LogP contribution < -0.4 is 5.32 Å². The fourth-order valence-electron chi connectivity index (χ4n) is 3.27. The van der Waals surface area contributed by atoms with Gasteiger partial charge in [-0.1, -0.05) is 12.8 Å². The molecule has 24 heavy (non-hydrogen) atoms. The molecule has 1 saturated heterocycles. The molecule has 0 unspecified atom stereocenters. The maximum absolute atomic E-state index is 13.4. The van der Waals surface area contributed by atoms with E-state index in [4.69, 9.17) is 4.74 Å². The van der Waals surface area contributed by atoms with Crippen molar-refractivity contribution in [3.63, 3.8) is 0 Å². The van der Waals surface area contributed by atoms with Gasteiger partial charge in [-0.05, 0) is 33.6 Å². The normalized spacial score (nSPS) is 26.7. The first kappa shape index (κ1) is 18.9. The highest BCUT2D eigenvalue weighted by molar-refractivity contribution is 5.84. The molecular weight excluding hydrogens is 322 g/mol. The fourth-order valence-corrected chi connectivity index (χ4v) is 3.27. The van der Waals surface area contributed by atoms with Crippen LogP contribution in [0.15, 0.2) is 0 Å². The summed E-state index contributed by atoms with van der Waals surface area (Å²) in [5, 5.41) is 12.6. The highest BCUT2D eigenvalue weighted by atomic mass is 19.3. The lowest BCUT2D eigenvalue weighted by molar-refractivity contribution is -0.141. The summed E-state index contributed by atoms with van der Waals surface area (Å²) in [6, 6.07) is -0.763. The number of amides is 2. The van der Waals surface area contributed by atoms with E-state index in [9.17, 15) is 23.5 Å². The molecule has 2 aliphatic rings. The van der Waals surface area contributed by atoms with Crippen LogP contribution in [0, 0.1) is 5.41 Å². The van der Waals surface area contributed by atoms with Gasteiger partial charge in [-0.25, -0.2) is 13.6 Å². The van der Waals surface area contributed by atoms with Gasteiger partial charge in [0.15, 0.2) is 0 Å². The quantitative estimate of drug-likeness (QED) is 0.817. The van der Waals surface area contributed by atoms with E-state index in [2.05, 4.69) is 5.32 Å². The lowest BCUT2D eigenvalue weighted by atomic mass is 9.85. The van der Waals surface area contributed by atoms with Crippen LogP contribution in [-0.4, -0.2) is 59.3 Å². The predicted octanol–water partition coefficient (Wildman–Crippen LogP) is 1.91. The van der Waals surface area contributed by atoms with E-state index in [-0.39, 0.29) is 25.9 Å². The first-order chi connectivity index (χ1) is 11.0. The summed E-state index contributed by atoms with van der Waals surface area (Å²) >= 11 is 0. The van der Waals surface area contributed by atoms with E-state index in [1.165, 1.54) is 4.90 Å². The van der Waals surface area contributed by atoms with Crippen molar-refractivity contribution in [2.45, 2.75) is 70.6 Å². The van der Waals surface area contributed by atoms with Crippen molar-refractivity contribution in [2.24, 2.45) is 5.41 Å². The number of nitrogens with zero attached hydrogens (tertiary/aromatic N) is 1. The summed E-state index contributed by atoms with van der Waals surface area (Å²) < 4.78 is 32.0. The van der Waals surface area contributed by atoms with E-state index in [1.54, 1.807) is 20.8 Å². The highest BCUT2D eigenvalue weighted by Crippen LogP contribution is 2.43. The molecule has 0 radical (unpaired) electrons. The number of nitrogens with one attached hydrogen (secondary N) is 1. The van der Waals surface area contributed by atoms with Crippen LogP contribution in [0.1, 0.15) is 46.5 Å². The van der Waals surface area contributed by atoms with Crippen molar-refractivity contribution >= 4 is 12.0 Å². The summed E-state index contributed by atoms with van der Waals surface area (Å²) in [5.41, 5.74) is -2.34. The number of carbonyl (C=O) groups is 2. The van der Waals surface area contributed by atoms with Gasteiger partial charge >= 0.3 is 6.09 Å². The van der Waals surface area contributed by atoms with Crippen molar-refractivity contribution < 1.29 is 28.2 Å². The van der Waals surface area contributed by atoms with Gasteiger partial charge in [-0.15, -0.1) is 0 Å². The maximum atomic E-state index is 13.4. The molecule has 1 heterocycles. The Hall–Kier alpha value is -1.44. The van der Waals surface area contributed by atoms with Gasteiger partial charge in [0.05, 0.1) is 18.7 Å². The Morgan fingerprint density at radius 2 is 1.83 bits per heavy atom. The molecule has 0 aromatic rings. The molecule has 1 aliphatic carbocycles. The van der Waals surface area contributed by atoms with Gasteiger partial charge in [-0.3, -0.25) is 4.79 Å². The topological polar surface area (TPSA) is 78.9 Å². The number of hydrogen-bond acceptors (Lipinski definition) is 4. The highest BCUT2D eigenvalue weighted by Gasteiger charge is 2.50. The van der Waals surface area contributed by atoms with E-state index in [0.29, 0.717) is 12.8 Å². The maximum Gasteiger partial charge on any atom is 0.410 e. The third-order valence-corrected chi connectivity index (χ3v) is 4.62. The zero-order valence-corrected chi connectivity index (χ0v) is 14.3. The Morgan fingerprint density at radius 3 is 2.33 bits per heavy atom. The van der Waals surface area contributed by atoms with E-state index < -0.39 is 41.6 Å². The molecule has 0 bridgehead atoms. The van der Waals surface area contributed by atoms with Crippen LogP contribution in [0.25, 0.3) is 0 Å². The molecular formula is C16H26F2N2O4. The second kappa shape index (κ2) is 6.82. The first-order valence-electron chi connectivity index (χ1n) is 8.30. The van der Waals surface area contributed by atoms with Gasteiger partial charge in [0.2, 0.25) is 5.91 Å². The molecule has 8 heteroatoms. The Morgan fingerprint density at radius 1 is 1.25 bits per heavy atom. The Labute approximate surface area is 140 Å². The minimum absolute atomic E-state index is 0.00153. The lowest BCUT2D eigenvalue weighted by Gasteiger charge is -2.29. The number of rotatable bonds is 3. The predicted molar refractivity (Wildman–Crippen MR) is 82.6 cm³/mol. The lowest BCUT2D eigenvalue weighted by Crippen LogP contribution is -2.51. The third-order valence-electron chi connectivity index (χ3n) is 4.62. The largest absolute Gasteiger partial charge is 0.444 e. The van der Waals surface area contributed by atoms with Crippen molar-refractivity contribution in [1.82, 2.24) is 10.2 Å². The molecule has 0 aromatic heterocycles. The minimum Gasteiger partial charge on any atom is -0.444 e. The molecule has 6 nitrogen and oxygen atoms in total. The van der Waals surface area contributed by atoms with Gasteiger partial charge in [0.25, 0.3) is 6.43 Å². The van der Waals surface area contributed by atoms with E-state index in [1.807, 2.05) is 0 Å². The van der Waals surface area contributed by atoms with E-state index in [0.717, 1.165) is 0 Å². The molecule has 1 aliphatic heterocycles. The minimum atomic E-state index is -2.74. The molecule has 2 amide bonds. The van der Waals surface area contributed by atoms with Gasteiger partial charge in [-0.2, -0.15) is 0 Å². The number of aliphatic hydroxyl groups excluding tert-OH is 1. The third kappa shape index (κ3) is 3.96. The standard InChI is InChI=1S/C16H26F2N2O4/c1-15(2,3)24-14(23)20-8-10(11(21)9-20)19-13(22)16(12(17)18)6-4-5-7-16/h10-12,21H,4-9H2,1-3H3,(H,19,22)/t10-,11+/m0/s1. The van der Waals surface area contributed by atoms with Gasteiger partial charge < -0.3 is 20.1 Å². The average molecular weight is 348 g/mol. The number of hydrogen-bond donors (Lipinski definition) is 2. The van der Waals surface area contributed by atoms with Crippen LogP contribution in [0.5, 0.6) is 0 Å². The molecule has 2 N–H and O–H groups in total. The molecule has 0 aromatic carbocycles. The van der Waals surface area contributed by atoms with E-state index >= 15 is 0 Å². The molecule has 138 valence electrons. The van der Waals surface area contributed by atoms with Gasteiger partial charge in [0.1, 0.15) is 11.0 Å². The number of aliphatic hydroxyl groups is 1. The fraction of sp³-hybridized carbons (Fsp3) is 0.875. The molecule has 2 fully saturated rings. The zero-order valence-electron chi connectivity index (χ0n) is 14.3. The summed E-state index contributed by atoms with van der Waals surface area (Å²) in [7, 11) is 0. The molecule has 0 spiro atoms. The second-order valence-corrected chi connectivity index (χ2v) is 7.70. The van der Waals surface area contributed by atoms with Crippen LogP contribution in [0.4, 0.5) is 13.6 Å². The van der Waals surface area contributed by atoms with Crippen molar-refractivity contribution in [2.75, 3.05) is 13.1 Å². The summed E-state index contributed by atoms with van der Waals surface area (Å²) in [5.74, 6) is -0.731. The van der Waals surface area contributed by atoms with Crippen LogP contribution in [0.2, 0.25) is 0 Å². The van der Waals surface area contributed by atoms with Crippen molar-refractivity contribution in [1.29, 1.82) is 0 Å². The second-order valence-electron chi connectivity index (χ2n) is 7.70. The number of alkyl halides is 2. The monoisotopic (exact) mass is 348 g/mol. The number of carbonyl (C=O) groups excluding carboxylic acids is 2. The summed E-state index contributed by atoms with van der Waals surface area (Å²) in [4.78, 5) is 25.7.